The third-order valence-electron chi connectivity index (χ3n) is 6.38. The minimum absolute atomic E-state index is 0.116. The topological polar surface area (TPSA) is 133 Å². The maximum Gasteiger partial charge on any atom is 0.302 e. The van der Waals surface area contributed by atoms with E-state index in [-0.39, 0.29) is 55.2 Å². The number of rotatable bonds is 14. The molecule has 0 spiro atoms. The molecule has 1 amide bonds. The zero-order valence-electron chi connectivity index (χ0n) is 22.1. The fourth-order valence-corrected chi connectivity index (χ4v) is 4.79. The lowest BCUT2D eigenvalue weighted by molar-refractivity contribution is -0.257. The molecular formula is C26H45NO9. The van der Waals surface area contributed by atoms with E-state index in [1.54, 1.807) is 6.92 Å². The van der Waals surface area contributed by atoms with Crippen molar-refractivity contribution in [1.29, 1.82) is 0 Å². The molecule has 36 heavy (non-hydrogen) atoms. The average molecular weight is 516 g/mol. The van der Waals surface area contributed by atoms with Crippen LogP contribution in [0, 0.1) is 0 Å². The van der Waals surface area contributed by atoms with Crippen LogP contribution in [0.25, 0.3) is 0 Å². The Morgan fingerprint density at radius 2 is 1.50 bits per heavy atom. The number of carbonyl (C=O) groups excluding carboxylic acids is 2. The first-order valence-electron chi connectivity index (χ1n) is 13.2. The molecule has 3 N–H and O–H groups in total. The van der Waals surface area contributed by atoms with Gasteiger partial charge in [-0.05, 0) is 45.1 Å². The maximum absolute atomic E-state index is 11.6. The van der Waals surface area contributed by atoms with Crippen molar-refractivity contribution in [1.82, 2.24) is 5.32 Å². The molecule has 0 saturated carbocycles. The number of nitrogens with one attached hydrogen (secondary N) is 1. The molecule has 2 aliphatic heterocycles. The Bertz CT molecular complexity index is 688. The standard InChI is InChI=1S/C26H45NO9/c1-6-19(32-17(5)29)12-23-14-22(35-26(36-23)15-27-24(31)7-2)11-18(30)10-21-13-20(9-16(4)28)33-25(8-3)34-21/h7,16,18-23,25-26,28,30H,2,6,8-15H2,1,3-5H3,(H,27,31). The van der Waals surface area contributed by atoms with Crippen LogP contribution in [0.5, 0.6) is 0 Å². The molecule has 0 aliphatic carbocycles. The van der Waals surface area contributed by atoms with E-state index in [1.165, 1.54) is 13.0 Å². The Balaban J connectivity index is 1.98. The summed E-state index contributed by atoms with van der Waals surface area (Å²) in [4.78, 5) is 23.1. The van der Waals surface area contributed by atoms with Gasteiger partial charge in [-0.3, -0.25) is 9.59 Å². The Morgan fingerprint density at radius 3 is 1.97 bits per heavy atom. The smallest absolute Gasteiger partial charge is 0.302 e. The molecule has 0 bridgehead atoms. The highest BCUT2D eigenvalue weighted by Crippen LogP contribution is 2.30. The molecule has 2 heterocycles. The van der Waals surface area contributed by atoms with Gasteiger partial charge in [-0.15, -0.1) is 0 Å². The van der Waals surface area contributed by atoms with Crippen LogP contribution >= 0.6 is 0 Å². The summed E-state index contributed by atoms with van der Waals surface area (Å²) in [5, 5.41) is 23.4. The van der Waals surface area contributed by atoms with Gasteiger partial charge in [-0.1, -0.05) is 20.4 Å². The molecule has 10 nitrogen and oxygen atoms in total. The summed E-state index contributed by atoms with van der Waals surface area (Å²) in [5.41, 5.74) is 0. The van der Waals surface area contributed by atoms with Crippen LogP contribution in [-0.4, -0.2) is 83.9 Å². The van der Waals surface area contributed by atoms with Gasteiger partial charge in [0.05, 0.1) is 43.2 Å². The van der Waals surface area contributed by atoms with E-state index in [0.29, 0.717) is 51.4 Å². The van der Waals surface area contributed by atoms with E-state index in [0.717, 1.165) is 0 Å². The number of hydrogen-bond acceptors (Lipinski definition) is 9. The van der Waals surface area contributed by atoms with Gasteiger partial charge in [0.25, 0.3) is 0 Å². The number of aliphatic hydroxyl groups is 2. The molecule has 10 heteroatoms. The summed E-state index contributed by atoms with van der Waals surface area (Å²) < 4.78 is 29.3. The molecule has 2 fully saturated rings. The van der Waals surface area contributed by atoms with Crippen molar-refractivity contribution >= 4 is 11.9 Å². The van der Waals surface area contributed by atoms with Crippen LogP contribution < -0.4 is 5.32 Å². The van der Waals surface area contributed by atoms with Gasteiger partial charge in [0.2, 0.25) is 5.91 Å². The van der Waals surface area contributed by atoms with Gasteiger partial charge < -0.3 is 39.2 Å². The number of carbonyl (C=O) groups is 2. The number of amides is 1. The van der Waals surface area contributed by atoms with Crippen molar-refractivity contribution in [3.8, 4) is 0 Å². The van der Waals surface area contributed by atoms with Gasteiger partial charge in [-0.25, -0.2) is 0 Å². The molecule has 2 saturated heterocycles. The first-order valence-corrected chi connectivity index (χ1v) is 13.2. The highest BCUT2D eigenvalue weighted by Gasteiger charge is 2.35. The second-order valence-corrected chi connectivity index (χ2v) is 9.81. The largest absolute Gasteiger partial charge is 0.462 e. The molecule has 2 rings (SSSR count). The summed E-state index contributed by atoms with van der Waals surface area (Å²) in [6.45, 7) is 10.6. The van der Waals surface area contributed by atoms with Crippen LogP contribution in [0.4, 0.5) is 0 Å². The quantitative estimate of drug-likeness (QED) is 0.235. The summed E-state index contributed by atoms with van der Waals surface area (Å²) in [7, 11) is 0. The van der Waals surface area contributed by atoms with E-state index in [4.69, 9.17) is 23.7 Å². The van der Waals surface area contributed by atoms with Crippen LogP contribution in [0.15, 0.2) is 12.7 Å². The molecular weight excluding hydrogens is 470 g/mol. The number of esters is 1. The molecule has 0 radical (unpaired) electrons. The van der Waals surface area contributed by atoms with Crippen LogP contribution in [0.3, 0.4) is 0 Å². The number of aliphatic hydroxyl groups excluding tert-OH is 2. The summed E-state index contributed by atoms with van der Waals surface area (Å²) >= 11 is 0. The molecule has 208 valence electrons. The fraction of sp³-hybridized carbons (Fsp3) is 0.846. The van der Waals surface area contributed by atoms with E-state index in [1.807, 2.05) is 13.8 Å². The monoisotopic (exact) mass is 515 g/mol. The summed E-state index contributed by atoms with van der Waals surface area (Å²) in [5.74, 6) is -0.674. The minimum atomic E-state index is -0.695. The van der Waals surface area contributed by atoms with E-state index >= 15 is 0 Å². The van der Waals surface area contributed by atoms with E-state index in [9.17, 15) is 19.8 Å². The van der Waals surface area contributed by atoms with Crippen LogP contribution in [0.1, 0.15) is 79.1 Å². The highest BCUT2D eigenvalue weighted by molar-refractivity contribution is 5.86. The molecule has 0 aromatic rings. The predicted octanol–water partition coefficient (Wildman–Crippen LogP) is 2.34. The van der Waals surface area contributed by atoms with Gasteiger partial charge in [-0.2, -0.15) is 0 Å². The lowest BCUT2D eigenvalue weighted by Gasteiger charge is -2.39. The maximum atomic E-state index is 11.6. The zero-order valence-corrected chi connectivity index (χ0v) is 22.1. The third kappa shape index (κ3) is 11.2. The number of ether oxygens (including phenoxy) is 5. The fourth-order valence-electron chi connectivity index (χ4n) is 4.79. The Hall–Kier alpha value is -1.56. The molecule has 0 aromatic carbocycles. The predicted molar refractivity (Wildman–Crippen MR) is 132 cm³/mol. The first kappa shape index (κ1) is 30.7. The second-order valence-electron chi connectivity index (χ2n) is 9.81. The van der Waals surface area contributed by atoms with Crippen molar-refractivity contribution in [2.45, 2.75) is 134 Å². The molecule has 2 aliphatic rings. The third-order valence-corrected chi connectivity index (χ3v) is 6.38. The minimum Gasteiger partial charge on any atom is -0.462 e. The average Bonchev–Trinajstić information content (AvgIpc) is 2.80. The normalized spacial score (nSPS) is 31.2. The SMILES string of the molecule is C=CC(=O)NCC1OC(CC(O)CC2CC(CC(C)O)OC(CC)O2)CC(CC(CC)OC(C)=O)O1. The summed E-state index contributed by atoms with van der Waals surface area (Å²) in [6, 6.07) is 0. The van der Waals surface area contributed by atoms with E-state index < -0.39 is 18.5 Å². The first-order chi connectivity index (χ1) is 17.1. The summed E-state index contributed by atoms with van der Waals surface area (Å²) in [6.07, 6.45) is 2.10. The number of hydrogen-bond donors (Lipinski definition) is 3. The van der Waals surface area contributed by atoms with Crippen molar-refractivity contribution in [2.75, 3.05) is 6.54 Å². The Labute approximate surface area is 214 Å². The molecule has 0 aromatic heterocycles. The van der Waals surface area contributed by atoms with Gasteiger partial charge in [0.1, 0.15) is 6.10 Å². The van der Waals surface area contributed by atoms with E-state index in [2.05, 4.69) is 11.9 Å². The van der Waals surface area contributed by atoms with Crippen LogP contribution in [-0.2, 0) is 33.3 Å². The van der Waals surface area contributed by atoms with Crippen molar-refractivity contribution < 1.29 is 43.5 Å². The molecule has 9 atom stereocenters. The van der Waals surface area contributed by atoms with Gasteiger partial charge in [0.15, 0.2) is 12.6 Å². The van der Waals surface area contributed by atoms with Crippen LogP contribution in [0.2, 0.25) is 0 Å². The lowest BCUT2D eigenvalue weighted by atomic mass is 9.95. The van der Waals surface area contributed by atoms with Crippen molar-refractivity contribution in [3.63, 3.8) is 0 Å². The molecule has 9 unspecified atom stereocenters. The highest BCUT2D eigenvalue weighted by atomic mass is 16.7. The zero-order chi connectivity index (χ0) is 26.7. The lowest BCUT2D eigenvalue weighted by Crippen LogP contribution is -2.46. The Kier molecular flexibility index (Phi) is 13.3. The van der Waals surface area contributed by atoms with Gasteiger partial charge in [0, 0.05) is 26.2 Å². The second kappa shape index (κ2) is 15.6. The van der Waals surface area contributed by atoms with Crippen molar-refractivity contribution in [2.24, 2.45) is 0 Å². The van der Waals surface area contributed by atoms with Gasteiger partial charge >= 0.3 is 5.97 Å². The van der Waals surface area contributed by atoms with Crippen molar-refractivity contribution in [3.05, 3.63) is 12.7 Å². The Morgan fingerprint density at radius 1 is 0.972 bits per heavy atom.